The molecule has 0 unspecified atom stereocenters. The van der Waals surface area contributed by atoms with Crippen molar-refractivity contribution >= 4 is 5.78 Å². The maximum atomic E-state index is 13.0. The fourth-order valence-corrected chi connectivity index (χ4v) is 4.33. The van der Waals surface area contributed by atoms with Crippen molar-refractivity contribution < 1.29 is 9.18 Å². The molecule has 142 valence electrons. The average Bonchev–Trinajstić information content (AvgIpc) is 2.70. The Labute approximate surface area is 160 Å². The molecule has 0 N–H and O–H groups in total. The Morgan fingerprint density at radius 2 is 1.63 bits per heavy atom. The Morgan fingerprint density at radius 1 is 0.926 bits per heavy atom. The fourth-order valence-electron chi connectivity index (χ4n) is 4.33. The van der Waals surface area contributed by atoms with Gasteiger partial charge in [-0.1, -0.05) is 24.3 Å². The molecule has 1 saturated heterocycles. The van der Waals surface area contributed by atoms with Crippen LogP contribution in [0.15, 0.2) is 48.5 Å². The number of nitrogens with zero attached hydrogens (tertiary/aromatic N) is 2. The van der Waals surface area contributed by atoms with Crippen LogP contribution in [0.2, 0.25) is 0 Å². The molecule has 0 amide bonds. The highest BCUT2D eigenvalue weighted by Gasteiger charge is 2.24. The minimum atomic E-state index is -0.298. The lowest BCUT2D eigenvalue weighted by atomic mass is 9.93. The van der Waals surface area contributed by atoms with E-state index in [2.05, 4.69) is 34.1 Å². The number of rotatable bonds is 5. The van der Waals surface area contributed by atoms with E-state index in [4.69, 9.17) is 0 Å². The van der Waals surface area contributed by atoms with Gasteiger partial charge in [0.15, 0.2) is 5.78 Å². The first kappa shape index (κ1) is 18.3. The molecule has 2 aromatic carbocycles. The number of carbonyl (C=O) groups excluding carboxylic acids is 1. The van der Waals surface area contributed by atoms with Crippen LogP contribution in [0.4, 0.5) is 4.39 Å². The number of piperidine rings is 1. The zero-order valence-electron chi connectivity index (χ0n) is 15.7. The van der Waals surface area contributed by atoms with Gasteiger partial charge in [0, 0.05) is 25.2 Å². The van der Waals surface area contributed by atoms with Crippen LogP contribution < -0.4 is 0 Å². The summed E-state index contributed by atoms with van der Waals surface area (Å²) < 4.78 is 13.0. The number of ketones is 1. The van der Waals surface area contributed by atoms with Crippen LogP contribution in [0, 0.1) is 11.7 Å². The summed E-state index contributed by atoms with van der Waals surface area (Å²) >= 11 is 0. The Hall–Kier alpha value is -2.04. The van der Waals surface area contributed by atoms with Crippen LogP contribution in [-0.2, 0) is 13.0 Å². The van der Waals surface area contributed by atoms with Crippen LogP contribution in [0.5, 0.6) is 0 Å². The Morgan fingerprint density at radius 3 is 2.37 bits per heavy atom. The van der Waals surface area contributed by atoms with Crippen molar-refractivity contribution in [3.63, 3.8) is 0 Å². The van der Waals surface area contributed by atoms with Crippen LogP contribution in [-0.4, -0.2) is 48.3 Å². The molecule has 1 fully saturated rings. The van der Waals surface area contributed by atoms with Gasteiger partial charge in [-0.3, -0.25) is 14.6 Å². The van der Waals surface area contributed by atoms with Crippen molar-refractivity contribution in [1.82, 2.24) is 9.80 Å². The van der Waals surface area contributed by atoms with Gasteiger partial charge in [-0.05, 0) is 73.7 Å². The molecule has 3 nitrogen and oxygen atoms in total. The summed E-state index contributed by atoms with van der Waals surface area (Å²) in [5.74, 6) is 0.501. The summed E-state index contributed by atoms with van der Waals surface area (Å²) in [5.41, 5.74) is 3.58. The second-order valence-corrected chi connectivity index (χ2v) is 7.90. The first-order valence-corrected chi connectivity index (χ1v) is 9.97. The lowest BCUT2D eigenvalue weighted by molar-refractivity contribution is 0.0871. The second-order valence-electron chi connectivity index (χ2n) is 7.90. The van der Waals surface area contributed by atoms with Crippen LogP contribution in [0.25, 0.3) is 0 Å². The standard InChI is InChI=1S/C23H27FN2O/c24-22-7-5-20(6-8-22)23(27)17-25-12-9-18(10-13-25)15-26-14-11-19-3-1-2-4-21(19)16-26/h1-8,18H,9-17H2. The number of likely N-dealkylation sites (tertiary alicyclic amines) is 1. The summed E-state index contributed by atoms with van der Waals surface area (Å²) in [7, 11) is 0. The monoisotopic (exact) mass is 366 g/mol. The highest BCUT2D eigenvalue weighted by atomic mass is 19.1. The minimum absolute atomic E-state index is 0.0843. The number of Topliss-reactive ketones (excluding diaryl/α,β-unsaturated/α-hetero) is 1. The smallest absolute Gasteiger partial charge is 0.176 e. The zero-order valence-corrected chi connectivity index (χ0v) is 15.7. The molecule has 2 heterocycles. The van der Waals surface area contributed by atoms with E-state index in [0.717, 1.165) is 52.0 Å². The van der Waals surface area contributed by atoms with Crippen LogP contribution in [0.1, 0.15) is 34.3 Å². The van der Waals surface area contributed by atoms with Gasteiger partial charge in [0.1, 0.15) is 5.82 Å². The number of fused-ring (bicyclic) bond motifs is 1. The molecule has 0 aromatic heterocycles. The van der Waals surface area contributed by atoms with Crippen LogP contribution in [0.3, 0.4) is 0 Å². The molecule has 0 saturated carbocycles. The Kier molecular flexibility index (Phi) is 5.65. The SMILES string of the molecule is O=C(CN1CCC(CN2CCc3ccccc3C2)CC1)c1ccc(F)cc1. The quantitative estimate of drug-likeness (QED) is 0.753. The molecule has 4 rings (SSSR count). The molecule has 2 aliphatic heterocycles. The predicted molar refractivity (Wildman–Crippen MR) is 105 cm³/mol. The predicted octanol–water partition coefficient (Wildman–Crippen LogP) is 3.78. The highest BCUT2D eigenvalue weighted by Crippen LogP contribution is 2.23. The van der Waals surface area contributed by atoms with E-state index in [0.29, 0.717) is 18.0 Å². The topological polar surface area (TPSA) is 23.6 Å². The molecule has 0 spiro atoms. The van der Waals surface area contributed by atoms with Crippen molar-refractivity contribution in [2.45, 2.75) is 25.8 Å². The zero-order chi connectivity index (χ0) is 18.6. The van der Waals surface area contributed by atoms with Crippen molar-refractivity contribution in [3.8, 4) is 0 Å². The number of carbonyl (C=O) groups is 1. The van der Waals surface area contributed by atoms with Gasteiger partial charge in [0.05, 0.1) is 6.54 Å². The van der Waals surface area contributed by atoms with Gasteiger partial charge >= 0.3 is 0 Å². The van der Waals surface area contributed by atoms with E-state index in [9.17, 15) is 9.18 Å². The largest absolute Gasteiger partial charge is 0.298 e. The molecule has 2 aliphatic rings. The fraction of sp³-hybridized carbons (Fsp3) is 0.435. The van der Waals surface area contributed by atoms with Gasteiger partial charge < -0.3 is 0 Å². The third-order valence-corrected chi connectivity index (χ3v) is 5.97. The van der Waals surface area contributed by atoms with Gasteiger partial charge in [-0.25, -0.2) is 4.39 Å². The molecule has 4 heteroatoms. The maximum absolute atomic E-state index is 13.0. The molecule has 27 heavy (non-hydrogen) atoms. The van der Waals surface area contributed by atoms with E-state index in [1.165, 1.54) is 23.3 Å². The molecular formula is C23H27FN2O. The molecule has 0 bridgehead atoms. The normalized spacial score (nSPS) is 19.0. The Balaban J connectivity index is 1.23. The van der Waals surface area contributed by atoms with E-state index in [1.807, 2.05) is 0 Å². The highest BCUT2D eigenvalue weighted by molar-refractivity contribution is 5.97. The lowest BCUT2D eigenvalue weighted by Gasteiger charge is -2.36. The van der Waals surface area contributed by atoms with Crippen LogP contribution >= 0.6 is 0 Å². The first-order valence-electron chi connectivity index (χ1n) is 9.97. The minimum Gasteiger partial charge on any atom is -0.298 e. The summed E-state index contributed by atoms with van der Waals surface area (Å²) in [6.07, 6.45) is 3.45. The van der Waals surface area contributed by atoms with E-state index in [1.54, 1.807) is 12.1 Å². The number of halogens is 1. The third kappa shape index (κ3) is 4.63. The molecule has 0 aliphatic carbocycles. The third-order valence-electron chi connectivity index (χ3n) is 5.97. The molecule has 0 atom stereocenters. The van der Waals surface area contributed by atoms with Crippen molar-refractivity contribution in [1.29, 1.82) is 0 Å². The summed E-state index contributed by atoms with van der Waals surface area (Å²) in [6, 6.07) is 14.7. The van der Waals surface area contributed by atoms with E-state index < -0.39 is 0 Å². The Bertz CT molecular complexity index is 781. The van der Waals surface area contributed by atoms with Crippen molar-refractivity contribution in [3.05, 3.63) is 71.0 Å². The molecule has 0 radical (unpaired) electrons. The van der Waals surface area contributed by atoms with Gasteiger partial charge in [-0.15, -0.1) is 0 Å². The maximum Gasteiger partial charge on any atom is 0.176 e. The van der Waals surface area contributed by atoms with Crippen molar-refractivity contribution in [2.75, 3.05) is 32.7 Å². The second kappa shape index (κ2) is 8.32. The number of hydrogen-bond acceptors (Lipinski definition) is 3. The number of hydrogen-bond donors (Lipinski definition) is 0. The summed E-state index contributed by atoms with van der Waals surface area (Å²) in [5, 5.41) is 0. The molecule has 2 aromatic rings. The number of benzene rings is 2. The van der Waals surface area contributed by atoms with Gasteiger partial charge in [-0.2, -0.15) is 0 Å². The van der Waals surface area contributed by atoms with Gasteiger partial charge in [0.25, 0.3) is 0 Å². The van der Waals surface area contributed by atoms with Gasteiger partial charge in [0.2, 0.25) is 0 Å². The lowest BCUT2D eigenvalue weighted by Crippen LogP contribution is -2.41. The molecular weight excluding hydrogens is 339 g/mol. The van der Waals surface area contributed by atoms with Crippen molar-refractivity contribution in [2.24, 2.45) is 5.92 Å². The van der Waals surface area contributed by atoms with E-state index in [-0.39, 0.29) is 11.6 Å². The summed E-state index contributed by atoms with van der Waals surface area (Å²) in [4.78, 5) is 17.2. The first-order chi connectivity index (χ1) is 13.2. The average molecular weight is 366 g/mol. The summed E-state index contributed by atoms with van der Waals surface area (Å²) in [6.45, 7) is 5.77. The van der Waals surface area contributed by atoms with E-state index >= 15 is 0 Å².